The third-order valence-corrected chi connectivity index (χ3v) is 8.32. The van der Waals surface area contributed by atoms with Crippen LogP contribution in [-0.2, 0) is 25.5 Å². The third kappa shape index (κ3) is 8.15. The first-order chi connectivity index (χ1) is 20.0. The number of aliphatic hydroxyl groups excluding tert-OH is 1. The van der Waals surface area contributed by atoms with Crippen LogP contribution in [0.1, 0.15) is 81.4 Å². The van der Waals surface area contributed by atoms with Crippen LogP contribution in [0.5, 0.6) is 11.5 Å². The second kappa shape index (κ2) is 14.4. The largest absolute Gasteiger partial charge is 0.470 e. The standard InChI is InChI=1S/C32H40ClNO7/c33-23-9-7-8-22(19-23)26(35)20-34-17-16-21-14-15-27-28(18-21)41-30(32(37)39-25-12-5-2-6-13-25)29(40-27)31(36)38-24-10-3-1-4-11-24/h7-9,14-15,18-19,24-26,29-30,34-35H,1-6,10-13,16-17,20H2. The minimum Gasteiger partial charge on any atom is -0.470 e. The molecular weight excluding hydrogens is 546 g/mol. The summed E-state index contributed by atoms with van der Waals surface area (Å²) >= 11 is 6.03. The van der Waals surface area contributed by atoms with Crippen molar-refractivity contribution >= 4 is 23.5 Å². The average molecular weight is 586 g/mol. The number of fused-ring (bicyclic) bond motifs is 1. The van der Waals surface area contributed by atoms with Gasteiger partial charge in [0.25, 0.3) is 0 Å². The van der Waals surface area contributed by atoms with Crippen molar-refractivity contribution in [3.63, 3.8) is 0 Å². The summed E-state index contributed by atoms with van der Waals surface area (Å²) in [6, 6.07) is 12.7. The number of ether oxygens (including phenoxy) is 4. The van der Waals surface area contributed by atoms with Crippen LogP contribution in [0.25, 0.3) is 0 Å². The molecule has 0 radical (unpaired) electrons. The molecule has 1 heterocycles. The smallest absolute Gasteiger partial charge is 0.352 e. The van der Waals surface area contributed by atoms with Crippen molar-refractivity contribution in [3.8, 4) is 11.5 Å². The van der Waals surface area contributed by atoms with Gasteiger partial charge in [0.2, 0.25) is 12.2 Å². The van der Waals surface area contributed by atoms with Crippen LogP contribution < -0.4 is 14.8 Å². The molecule has 1 aliphatic heterocycles. The summed E-state index contributed by atoms with van der Waals surface area (Å²) in [5.74, 6) is -0.380. The van der Waals surface area contributed by atoms with Gasteiger partial charge in [-0.25, -0.2) is 9.59 Å². The van der Waals surface area contributed by atoms with Crippen LogP contribution in [0, 0.1) is 0 Å². The second-order valence-electron chi connectivity index (χ2n) is 11.3. The van der Waals surface area contributed by atoms with Crippen molar-refractivity contribution in [2.45, 2.75) is 101 Å². The van der Waals surface area contributed by atoms with Crippen LogP contribution in [0.2, 0.25) is 5.02 Å². The molecule has 5 rings (SSSR count). The number of nitrogens with one attached hydrogen (secondary N) is 1. The van der Waals surface area contributed by atoms with E-state index in [-0.39, 0.29) is 12.2 Å². The number of carbonyl (C=O) groups excluding carboxylic acids is 2. The number of halogens is 1. The van der Waals surface area contributed by atoms with Gasteiger partial charge in [0.15, 0.2) is 11.5 Å². The quantitative estimate of drug-likeness (QED) is 0.280. The second-order valence-corrected chi connectivity index (χ2v) is 11.7. The van der Waals surface area contributed by atoms with Crippen molar-refractivity contribution < 1.29 is 33.6 Å². The number of aliphatic hydroxyl groups is 1. The van der Waals surface area contributed by atoms with Gasteiger partial charge in [-0.15, -0.1) is 0 Å². The number of benzene rings is 2. The van der Waals surface area contributed by atoms with Crippen LogP contribution in [-0.4, -0.2) is 54.6 Å². The average Bonchev–Trinajstić information content (AvgIpc) is 2.99. The molecule has 2 saturated carbocycles. The Balaban J connectivity index is 1.22. The maximum atomic E-state index is 13.3. The van der Waals surface area contributed by atoms with Crippen molar-refractivity contribution in [2.24, 2.45) is 0 Å². The van der Waals surface area contributed by atoms with Gasteiger partial charge in [-0.3, -0.25) is 0 Å². The highest BCUT2D eigenvalue weighted by atomic mass is 35.5. The van der Waals surface area contributed by atoms with Gasteiger partial charge in [0.05, 0.1) is 6.10 Å². The zero-order valence-electron chi connectivity index (χ0n) is 23.4. The minimum atomic E-state index is -1.23. The van der Waals surface area contributed by atoms with Gasteiger partial charge >= 0.3 is 11.9 Å². The lowest BCUT2D eigenvalue weighted by Crippen LogP contribution is -2.52. The lowest BCUT2D eigenvalue weighted by Gasteiger charge is -2.34. The lowest BCUT2D eigenvalue weighted by molar-refractivity contribution is -0.179. The highest BCUT2D eigenvalue weighted by molar-refractivity contribution is 6.30. The Kier molecular flexibility index (Phi) is 10.4. The Bertz CT molecular complexity index is 1180. The highest BCUT2D eigenvalue weighted by Gasteiger charge is 2.45. The summed E-state index contributed by atoms with van der Waals surface area (Å²) < 4.78 is 23.8. The Hall–Kier alpha value is -2.81. The Labute approximate surface area is 246 Å². The van der Waals surface area contributed by atoms with E-state index < -0.39 is 30.3 Å². The molecule has 9 heteroatoms. The van der Waals surface area contributed by atoms with Crippen LogP contribution >= 0.6 is 11.6 Å². The maximum absolute atomic E-state index is 13.3. The van der Waals surface area contributed by atoms with E-state index in [1.165, 1.54) is 0 Å². The van der Waals surface area contributed by atoms with Crippen molar-refractivity contribution in [3.05, 3.63) is 58.6 Å². The molecule has 2 aliphatic carbocycles. The van der Waals surface area contributed by atoms with E-state index in [1.807, 2.05) is 24.3 Å². The molecule has 0 saturated heterocycles. The molecule has 2 N–H and O–H groups in total. The Morgan fingerprint density at radius 3 is 2.07 bits per heavy atom. The van der Waals surface area contributed by atoms with E-state index in [0.29, 0.717) is 36.0 Å². The number of rotatable bonds is 10. The number of hydrogen-bond donors (Lipinski definition) is 2. The molecule has 0 spiro atoms. The van der Waals surface area contributed by atoms with Gasteiger partial charge in [-0.2, -0.15) is 0 Å². The van der Waals surface area contributed by atoms with E-state index >= 15 is 0 Å². The molecule has 0 bridgehead atoms. The summed E-state index contributed by atoms with van der Waals surface area (Å²) in [5, 5.41) is 14.3. The first-order valence-electron chi connectivity index (χ1n) is 15.0. The molecule has 41 heavy (non-hydrogen) atoms. The molecule has 3 atom stereocenters. The number of hydrogen-bond acceptors (Lipinski definition) is 8. The van der Waals surface area contributed by atoms with E-state index in [4.69, 9.17) is 30.5 Å². The monoisotopic (exact) mass is 585 g/mol. The predicted octanol–water partition coefficient (Wildman–Crippen LogP) is 5.47. The number of carbonyl (C=O) groups is 2. The van der Waals surface area contributed by atoms with Crippen molar-refractivity contribution in [2.75, 3.05) is 13.1 Å². The first kappa shape index (κ1) is 29.7. The van der Waals surface area contributed by atoms with Crippen LogP contribution in [0.15, 0.2) is 42.5 Å². The lowest BCUT2D eigenvalue weighted by atomic mass is 9.97. The summed E-state index contributed by atoms with van der Waals surface area (Å²) in [6.07, 6.45) is 6.82. The van der Waals surface area contributed by atoms with E-state index in [0.717, 1.165) is 75.3 Å². The van der Waals surface area contributed by atoms with Crippen LogP contribution in [0.4, 0.5) is 0 Å². The van der Waals surface area contributed by atoms with Gasteiger partial charge < -0.3 is 29.4 Å². The highest BCUT2D eigenvalue weighted by Crippen LogP contribution is 2.37. The van der Waals surface area contributed by atoms with Crippen molar-refractivity contribution in [1.29, 1.82) is 0 Å². The molecule has 2 aromatic rings. The summed E-state index contributed by atoms with van der Waals surface area (Å²) in [6.45, 7) is 0.992. The fourth-order valence-electron chi connectivity index (χ4n) is 5.77. The summed E-state index contributed by atoms with van der Waals surface area (Å²) in [4.78, 5) is 26.5. The molecule has 222 valence electrons. The molecule has 2 fully saturated rings. The molecular formula is C32H40ClNO7. The summed E-state index contributed by atoms with van der Waals surface area (Å²) in [7, 11) is 0. The van der Waals surface area contributed by atoms with E-state index in [9.17, 15) is 14.7 Å². The van der Waals surface area contributed by atoms with Gasteiger partial charge in [-0.05, 0) is 99.7 Å². The molecule has 0 aromatic heterocycles. The third-order valence-electron chi connectivity index (χ3n) is 8.09. The zero-order valence-corrected chi connectivity index (χ0v) is 24.2. The normalized spacial score (nSPS) is 22.1. The van der Waals surface area contributed by atoms with Gasteiger partial charge in [-0.1, -0.05) is 42.6 Å². The zero-order chi connectivity index (χ0) is 28.6. The molecule has 3 aliphatic rings. The fraction of sp³-hybridized carbons (Fsp3) is 0.562. The molecule has 2 aromatic carbocycles. The van der Waals surface area contributed by atoms with Gasteiger partial charge in [0.1, 0.15) is 12.2 Å². The minimum absolute atomic E-state index is 0.163. The molecule has 8 nitrogen and oxygen atoms in total. The predicted molar refractivity (Wildman–Crippen MR) is 154 cm³/mol. The SMILES string of the molecule is O=C(OC1CCCCC1)C1Oc2ccc(CCNCC(O)c3cccc(Cl)c3)cc2OC1C(=O)OC1CCCCC1. The molecule has 3 unspecified atom stereocenters. The topological polar surface area (TPSA) is 103 Å². The van der Waals surface area contributed by atoms with Gasteiger partial charge in [0, 0.05) is 11.6 Å². The molecule has 0 amide bonds. The Morgan fingerprint density at radius 2 is 1.46 bits per heavy atom. The summed E-state index contributed by atoms with van der Waals surface area (Å²) in [5.41, 5.74) is 1.71. The van der Waals surface area contributed by atoms with E-state index in [2.05, 4.69) is 5.32 Å². The van der Waals surface area contributed by atoms with Crippen molar-refractivity contribution in [1.82, 2.24) is 5.32 Å². The first-order valence-corrected chi connectivity index (χ1v) is 15.4. The van der Waals surface area contributed by atoms with E-state index in [1.54, 1.807) is 18.2 Å². The Morgan fingerprint density at radius 1 is 0.854 bits per heavy atom. The van der Waals surface area contributed by atoms with Crippen LogP contribution in [0.3, 0.4) is 0 Å². The number of esters is 2. The fourth-order valence-corrected chi connectivity index (χ4v) is 5.97. The maximum Gasteiger partial charge on any atom is 0.352 e.